The van der Waals surface area contributed by atoms with Crippen molar-refractivity contribution in [2.24, 2.45) is 0 Å². The van der Waals surface area contributed by atoms with Gasteiger partial charge in [0.05, 0.1) is 7.11 Å². The van der Waals surface area contributed by atoms with Crippen molar-refractivity contribution in [1.82, 2.24) is 0 Å². The van der Waals surface area contributed by atoms with Crippen LogP contribution in [0.4, 0.5) is 0 Å². The molecule has 0 saturated heterocycles. The maximum Gasteiger partial charge on any atom is 0.310 e. The normalized spacial score (nSPS) is 11.1. The van der Waals surface area contributed by atoms with Crippen LogP contribution in [0.25, 0.3) is 0 Å². The Morgan fingerprint density at radius 3 is 2.41 bits per heavy atom. The van der Waals surface area contributed by atoms with E-state index in [1.54, 1.807) is 26.2 Å². The van der Waals surface area contributed by atoms with Gasteiger partial charge in [-0.1, -0.05) is 27.7 Å². The molecular weight excluding hydrogens is 216 g/mol. The van der Waals surface area contributed by atoms with Crippen LogP contribution in [0, 0.1) is 0 Å². The Balaban J connectivity index is 3.16. The molecule has 0 radical (unpaired) electrons. The summed E-state index contributed by atoms with van der Waals surface area (Å²) in [5.41, 5.74) is 0.872. The third kappa shape index (κ3) is 3.48. The molecule has 0 aliphatic rings. The standard InChI is InChI=1S/C14H20O3/c1-6-13(15)17-12-8-7-10(16-5)9-11(12)14(2,3)4/h7-9H,6H2,1-5H3. The highest BCUT2D eigenvalue weighted by Crippen LogP contribution is 2.34. The first-order chi connectivity index (χ1) is 7.88. The van der Waals surface area contributed by atoms with Crippen molar-refractivity contribution in [3.05, 3.63) is 23.8 Å². The SMILES string of the molecule is CCC(=O)Oc1ccc(OC)cc1C(C)(C)C. The smallest absolute Gasteiger partial charge is 0.310 e. The van der Waals surface area contributed by atoms with Gasteiger partial charge in [0.2, 0.25) is 0 Å². The zero-order chi connectivity index (χ0) is 13.1. The molecule has 1 aromatic carbocycles. The lowest BCUT2D eigenvalue weighted by atomic mass is 9.86. The van der Waals surface area contributed by atoms with Crippen molar-refractivity contribution < 1.29 is 14.3 Å². The summed E-state index contributed by atoms with van der Waals surface area (Å²) in [7, 11) is 1.62. The van der Waals surface area contributed by atoms with Crippen LogP contribution in [0.15, 0.2) is 18.2 Å². The molecule has 17 heavy (non-hydrogen) atoms. The molecule has 0 amide bonds. The van der Waals surface area contributed by atoms with Crippen LogP contribution >= 0.6 is 0 Å². The van der Waals surface area contributed by atoms with Crippen LogP contribution in [0.5, 0.6) is 11.5 Å². The molecule has 94 valence electrons. The monoisotopic (exact) mass is 236 g/mol. The quantitative estimate of drug-likeness (QED) is 0.596. The summed E-state index contributed by atoms with van der Waals surface area (Å²) in [4.78, 5) is 11.4. The van der Waals surface area contributed by atoms with Crippen molar-refractivity contribution in [1.29, 1.82) is 0 Å². The zero-order valence-electron chi connectivity index (χ0n) is 11.2. The second kappa shape index (κ2) is 5.21. The molecule has 0 aromatic heterocycles. The van der Waals surface area contributed by atoms with E-state index in [4.69, 9.17) is 9.47 Å². The first kappa shape index (κ1) is 13.6. The lowest BCUT2D eigenvalue weighted by molar-refractivity contribution is -0.134. The van der Waals surface area contributed by atoms with E-state index >= 15 is 0 Å². The molecule has 3 nitrogen and oxygen atoms in total. The molecular formula is C14H20O3. The van der Waals surface area contributed by atoms with Gasteiger partial charge in [0, 0.05) is 12.0 Å². The highest BCUT2D eigenvalue weighted by atomic mass is 16.5. The molecule has 1 aromatic rings. The van der Waals surface area contributed by atoms with Crippen LogP contribution in [-0.2, 0) is 10.2 Å². The first-order valence-corrected chi connectivity index (χ1v) is 5.77. The third-order valence-corrected chi connectivity index (χ3v) is 2.51. The third-order valence-electron chi connectivity index (χ3n) is 2.51. The Kier molecular flexibility index (Phi) is 4.16. The van der Waals surface area contributed by atoms with Crippen molar-refractivity contribution >= 4 is 5.97 Å². The van der Waals surface area contributed by atoms with Crippen LogP contribution in [-0.4, -0.2) is 13.1 Å². The van der Waals surface area contributed by atoms with E-state index < -0.39 is 0 Å². The van der Waals surface area contributed by atoms with Crippen LogP contribution in [0.3, 0.4) is 0 Å². The number of ether oxygens (including phenoxy) is 2. The summed E-state index contributed by atoms with van der Waals surface area (Å²) in [5.74, 6) is 1.16. The number of hydrogen-bond acceptors (Lipinski definition) is 3. The minimum absolute atomic E-state index is 0.0993. The van der Waals surface area contributed by atoms with Gasteiger partial charge >= 0.3 is 5.97 Å². The molecule has 1 rings (SSSR count). The fourth-order valence-corrected chi connectivity index (χ4v) is 1.51. The second-order valence-corrected chi connectivity index (χ2v) is 4.94. The molecule has 0 saturated carbocycles. The molecule has 0 aliphatic carbocycles. The molecule has 0 aliphatic heterocycles. The summed E-state index contributed by atoms with van der Waals surface area (Å²) in [6, 6.07) is 5.50. The fraction of sp³-hybridized carbons (Fsp3) is 0.500. The average molecular weight is 236 g/mol. The number of esters is 1. The minimum Gasteiger partial charge on any atom is -0.497 e. The van der Waals surface area contributed by atoms with Gasteiger partial charge in [-0.25, -0.2) is 0 Å². The number of carbonyl (C=O) groups excluding carboxylic acids is 1. The molecule has 0 atom stereocenters. The Morgan fingerprint density at radius 2 is 1.94 bits per heavy atom. The van der Waals surface area contributed by atoms with Crippen LogP contribution in [0.1, 0.15) is 39.7 Å². The van der Waals surface area contributed by atoms with E-state index in [1.165, 1.54) is 0 Å². The van der Waals surface area contributed by atoms with E-state index in [0.29, 0.717) is 12.2 Å². The van der Waals surface area contributed by atoms with Gasteiger partial charge in [-0.3, -0.25) is 4.79 Å². The minimum atomic E-state index is -0.222. The van der Waals surface area contributed by atoms with Gasteiger partial charge in [0.15, 0.2) is 0 Å². The van der Waals surface area contributed by atoms with Crippen LogP contribution in [0.2, 0.25) is 0 Å². The molecule has 3 heteroatoms. The van der Waals surface area contributed by atoms with E-state index in [-0.39, 0.29) is 11.4 Å². The summed E-state index contributed by atoms with van der Waals surface area (Å²) in [6.07, 6.45) is 0.371. The summed E-state index contributed by atoms with van der Waals surface area (Å²) in [6.45, 7) is 8.00. The Hall–Kier alpha value is -1.51. The molecule has 0 bridgehead atoms. The molecule has 0 fully saturated rings. The molecule has 0 heterocycles. The fourth-order valence-electron chi connectivity index (χ4n) is 1.51. The van der Waals surface area contributed by atoms with Crippen molar-refractivity contribution in [3.8, 4) is 11.5 Å². The molecule has 0 spiro atoms. The van der Waals surface area contributed by atoms with E-state index in [2.05, 4.69) is 20.8 Å². The van der Waals surface area contributed by atoms with Gasteiger partial charge in [-0.15, -0.1) is 0 Å². The number of carbonyl (C=O) groups is 1. The predicted molar refractivity (Wildman–Crippen MR) is 67.6 cm³/mol. The maximum absolute atomic E-state index is 11.4. The maximum atomic E-state index is 11.4. The number of benzene rings is 1. The van der Waals surface area contributed by atoms with Gasteiger partial charge in [0.1, 0.15) is 11.5 Å². The van der Waals surface area contributed by atoms with E-state index in [9.17, 15) is 4.79 Å². The number of hydrogen-bond donors (Lipinski definition) is 0. The summed E-state index contributed by atoms with van der Waals surface area (Å²) in [5, 5.41) is 0. The Bertz CT molecular complexity index is 402. The van der Waals surface area contributed by atoms with E-state index in [0.717, 1.165) is 11.3 Å². The van der Waals surface area contributed by atoms with Crippen molar-refractivity contribution in [3.63, 3.8) is 0 Å². The lowest BCUT2D eigenvalue weighted by Crippen LogP contribution is -2.16. The Labute approximate surface area is 103 Å². The van der Waals surface area contributed by atoms with Gasteiger partial charge in [0.25, 0.3) is 0 Å². The highest BCUT2D eigenvalue weighted by Gasteiger charge is 2.21. The van der Waals surface area contributed by atoms with Gasteiger partial charge < -0.3 is 9.47 Å². The zero-order valence-corrected chi connectivity index (χ0v) is 11.2. The first-order valence-electron chi connectivity index (χ1n) is 5.77. The molecule has 0 N–H and O–H groups in total. The Morgan fingerprint density at radius 1 is 1.29 bits per heavy atom. The van der Waals surface area contributed by atoms with E-state index in [1.807, 2.05) is 6.07 Å². The largest absolute Gasteiger partial charge is 0.497 e. The van der Waals surface area contributed by atoms with Crippen LogP contribution < -0.4 is 9.47 Å². The second-order valence-electron chi connectivity index (χ2n) is 4.94. The van der Waals surface area contributed by atoms with Gasteiger partial charge in [-0.2, -0.15) is 0 Å². The molecule has 0 unspecified atom stereocenters. The summed E-state index contributed by atoms with van der Waals surface area (Å²) >= 11 is 0. The topological polar surface area (TPSA) is 35.5 Å². The average Bonchev–Trinajstić information content (AvgIpc) is 2.28. The summed E-state index contributed by atoms with van der Waals surface area (Å²) < 4.78 is 10.5. The van der Waals surface area contributed by atoms with Gasteiger partial charge in [-0.05, 0) is 23.6 Å². The number of methoxy groups -OCH3 is 1. The van der Waals surface area contributed by atoms with Crippen molar-refractivity contribution in [2.75, 3.05) is 7.11 Å². The van der Waals surface area contributed by atoms with Crippen molar-refractivity contribution in [2.45, 2.75) is 39.5 Å². The number of rotatable bonds is 3. The predicted octanol–water partition coefficient (Wildman–Crippen LogP) is 3.31. The highest BCUT2D eigenvalue weighted by molar-refractivity contribution is 5.72. The lowest BCUT2D eigenvalue weighted by Gasteiger charge is -2.22.